The molecule has 0 aromatic rings. The molecule has 0 spiro atoms. The normalized spacial score (nSPS) is 29.1. The predicted molar refractivity (Wildman–Crippen MR) is 85.3 cm³/mol. The van der Waals surface area contributed by atoms with Gasteiger partial charge in [-0.25, -0.2) is 0 Å². The van der Waals surface area contributed by atoms with Crippen LogP contribution >= 0.6 is 0 Å². The van der Waals surface area contributed by atoms with Gasteiger partial charge in [0.25, 0.3) is 0 Å². The zero-order valence-electron chi connectivity index (χ0n) is 13.9. The highest BCUT2D eigenvalue weighted by molar-refractivity contribution is 4.91. The van der Waals surface area contributed by atoms with E-state index in [4.69, 9.17) is 0 Å². The maximum absolute atomic E-state index is 2.48. The summed E-state index contributed by atoms with van der Waals surface area (Å²) in [4.78, 5) is 0. The van der Waals surface area contributed by atoms with Gasteiger partial charge in [0.15, 0.2) is 0 Å². The predicted octanol–water partition coefficient (Wildman–Crippen LogP) is 6.45. The minimum Gasteiger partial charge on any atom is -0.0622 e. The molecule has 0 amide bonds. The Bertz CT molecular complexity index is 249. The van der Waals surface area contributed by atoms with Crippen LogP contribution in [0.4, 0.5) is 0 Å². The summed E-state index contributed by atoms with van der Waals surface area (Å²) in [5.74, 6) is 3.85. The van der Waals surface area contributed by atoms with E-state index >= 15 is 0 Å². The van der Waals surface area contributed by atoms with Gasteiger partial charge in [-0.2, -0.15) is 0 Å². The first-order valence-electron chi connectivity index (χ1n) is 9.04. The monoisotopic (exact) mass is 264 g/mol. The Hall–Kier alpha value is 0. The van der Waals surface area contributed by atoms with Crippen LogP contribution in [0, 0.1) is 29.1 Å². The fourth-order valence-electron chi connectivity index (χ4n) is 5.27. The molecule has 19 heavy (non-hydrogen) atoms. The van der Waals surface area contributed by atoms with Crippen molar-refractivity contribution in [3.05, 3.63) is 0 Å². The molecule has 1 atom stereocenters. The van der Waals surface area contributed by atoms with Gasteiger partial charge >= 0.3 is 0 Å². The van der Waals surface area contributed by atoms with Crippen molar-refractivity contribution in [3.8, 4) is 0 Å². The van der Waals surface area contributed by atoms with Gasteiger partial charge in [-0.3, -0.25) is 0 Å². The summed E-state index contributed by atoms with van der Waals surface area (Å²) in [7, 11) is 0. The van der Waals surface area contributed by atoms with Gasteiger partial charge in [-0.1, -0.05) is 72.6 Å². The largest absolute Gasteiger partial charge is 0.0622 e. The van der Waals surface area contributed by atoms with Crippen LogP contribution in [-0.4, -0.2) is 0 Å². The van der Waals surface area contributed by atoms with E-state index in [1.807, 2.05) is 0 Å². The second-order valence-corrected chi connectivity index (χ2v) is 8.24. The van der Waals surface area contributed by atoms with E-state index in [-0.39, 0.29) is 0 Å². The minimum absolute atomic E-state index is 0.650. The summed E-state index contributed by atoms with van der Waals surface area (Å²) in [6.45, 7) is 9.90. The Labute approximate surface area is 121 Å². The Morgan fingerprint density at radius 2 is 1.37 bits per heavy atom. The van der Waals surface area contributed by atoms with Crippen molar-refractivity contribution in [2.24, 2.45) is 29.1 Å². The molecule has 0 heterocycles. The zero-order chi connectivity index (χ0) is 13.9. The lowest BCUT2D eigenvalue weighted by Crippen LogP contribution is -2.38. The molecule has 0 radical (unpaired) electrons. The van der Waals surface area contributed by atoms with Crippen LogP contribution in [0.5, 0.6) is 0 Å². The highest BCUT2D eigenvalue weighted by Gasteiger charge is 2.41. The van der Waals surface area contributed by atoms with Crippen molar-refractivity contribution in [2.75, 3.05) is 0 Å². The molecular weight excluding hydrogens is 228 g/mol. The van der Waals surface area contributed by atoms with E-state index in [1.165, 1.54) is 57.8 Å². The lowest BCUT2D eigenvalue weighted by Gasteiger charge is -2.48. The van der Waals surface area contributed by atoms with Gasteiger partial charge < -0.3 is 0 Å². The summed E-state index contributed by atoms with van der Waals surface area (Å²) in [5, 5.41) is 0. The third kappa shape index (κ3) is 3.56. The maximum atomic E-state index is 2.48. The van der Waals surface area contributed by atoms with Crippen molar-refractivity contribution in [1.29, 1.82) is 0 Å². The first-order chi connectivity index (χ1) is 9.04. The van der Waals surface area contributed by atoms with Gasteiger partial charge in [0.05, 0.1) is 0 Å². The molecular formula is C19H36. The van der Waals surface area contributed by atoms with Crippen molar-refractivity contribution < 1.29 is 0 Å². The second kappa shape index (κ2) is 6.64. The third-order valence-corrected chi connectivity index (χ3v) is 6.61. The smallest absolute Gasteiger partial charge is 0.0249 e. The molecule has 2 rings (SSSR count). The summed E-state index contributed by atoms with van der Waals surface area (Å²) in [6, 6.07) is 0. The van der Waals surface area contributed by atoms with Crippen LogP contribution in [0.15, 0.2) is 0 Å². The molecule has 0 aromatic carbocycles. The first-order valence-corrected chi connectivity index (χ1v) is 9.04. The Balaban J connectivity index is 1.95. The lowest BCUT2D eigenvalue weighted by atomic mass is 9.57. The average molecular weight is 264 g/mol. The van der Waals surface area contributed by atoms with Crippen LogP contribution < -0.4 is 0 Å². The van der Waals surface area contributed by atoms with E-state index in [0.29, 0.717) is 5.41 Å². The minimum atomic E-state index is 0.650. The van der Waals surface area contributed by atoms with Crippen molar-refractivity contribution in [3.63, 3.8) is 0 Å². The summed E-state index contributed by atoms with van der Waals surface area (Å²) < 4.78 is 0. The second-order valence-electron chi connectivity index (χ2n) is 8.24. The number of hydrogen-bond donors (Lipinski definition) is 0. The lowest BCUT2D eigenvalue weighted by molar-refractivity contribution is 0.0216. The van der Waals surface area contributed by atoms with E-state index in [1.54, 1.807) is 6.42 Å². The molecule has 0 saturated heterocycles. The van der Waals surface area contributed by atoms with Crippen molar-refractivity contribution >= 4 is 0 Å². The van der Waals surface area contributed by atoms with E-state index < -0.39 is 0 Å². The molecule has 1 unspecified atom stereocenters. The number of rotatable bonds is 4. The van der Waals surface area contributed by atoms with E-state index in [9.17, 15) is 0 Å². The maximum Gasteiger partial charge on any atom is -0.0249 e. The topological polar surface area (TPSA) is 0 Å². The van der Waals surface area contributed by atoms with Crippen LogP contribution in [0.1, 0.15) is 91.9 Å². The highest BCUT2D eigenvalue weighted by Crippen LogP contribution is 2.51. The molecule has 2 fully saturated rings. The standard InChI is InChI=1S/C19H36/c1-15(2)19(16(3)4)12-8-11-18(14-19)13-17-9-6-5-7-10-17/h15-18H,5-14H2,1-4H3. The number of hydrogen-bond acceptors (Lipinski definition) is 0. The molecule has 2 aliphatic rings. The molecule has 112 valence electrons. The summed E-state index contributed by atoms with van der Waals surface area (Å²) in [6.07, 6.45) is 15.2. The molecule has 0 aliphatic heterocycles. The Morgan fingerprint density at radius 3 is 1.95 bits per heavy atom. The molecule has 0 N–H and O–H groups in total. The zero-order valence-corrected chi connectivity index (χ0v) is 13.9. The molecule has 0 nitrogen and oxygen atoms in total. The van der Waals surface area contributed by atoms with Crippen LogP contribution in [0.25, 0.3) is 0 Å². The van der Waals surface area contributed by atoms with Crippen molar-refractivity contribution in [2.45, 2.75) is 91.9 Å². The van der Waals surface area contributed by atoms with E-state index in [2.05, 4.69) is 27.7 Å². The molecule has 2 saturated carbocycles. The summed E-state index contributed by atoms with van der Waals surface area (Å²) in [5.41, 5.74) is 0.650. The molecule has 0 bridgehead atoms. The quantitative estimate of drug-likeness (QED) is 0.547. The van der Waals surface area contributed by atoms with Gasteiger partial charge in [0.1, 0.15) is 0 Å². The van der Waals surface area contributed by atoms with Gasteiger partial charge in [0, 0.05) is 0 Å². The van der Waals surface area contributed by atoms with Crippen LogP contribution in [0.3, 0.4) is 0 Å². The first kappa shape index (κ1) is 15.4. The highest BCUT2D eigenvalue weighted by atomic mass is 14.5. The van der Waals surface area contributed by atoms with Gasteiger partial charge in [-0.15, -0.1) is 0 Å². The van der Waals surface area contributed by atoms with Crippen LogP contribution in [-0.2, 0) is 0 Å². The van der Waals surface area contributed by atoms with E-state index in [0.717, 1.165) is 23.7 Å². The van der Waals surface area contributed by atoms with Gasteiger partial charge in [0.2, 0.25) is 0 Å². The third-order valence-electron chi connectivity index (χ3n) is 6.61. The fraction of sp³-hybridized carbons (Fsp3) is 1.00. The molecule has 0 heteroatoms. The summed E-state index contributed by atoms with van der Waals surface area (Å²) >= 11 is 0. The Morgan fingerprint density at radius 1 is 0.789 bits per heavy atom. The van der Waals surface area contributed by atoms with Crippen molar-refractivity contribution in [1.82, 2.24) is 0 Å². The van der Waals surface area contributed by atoms with Gasteiger partial charge in [-0.05, 0) is 48.3 Å². The Kier molecular flexibility index (Phi) is 5.37. The SMILES string of the molecule is CC(C)C1(C(C)C)CCCC(CC2CCCCC2)C1. The molecule has 0 aromatic heterocycles. The molecule has 2 aliphatic carbocycles. The van der Waals surface area contributed by atoms with Crippen LogP contribution in [0.2, 0.25) is 0 Å². The average Bonchev–Trinajstić information content (AvgIpc) is 2.39. The fourth-order valence-corrected chi connectivity index (χ4v) is 5.27.